The Bertz CT molecular complexity index is 1720. The summed E-state index contributed by atoms with van der Waals surface area (Å²) in [6.45, 7) is 6.86. The van der Waals surface area contributed by atoms with Gasteiger partial charge in [-0.15, -0.1) is 0 Å². The first kappa shape index (κ1) is 31.6. The third-order valence-electron chi connectivity index (χ3n) is 7.66. The maximum Gasteiger partial charge on any atom is 0.341 e. The van der Waals surface area contributed by atoms with Crippen LogP contribution >= 0.6 is 11.3 Å². The van der Waals surface area contributed by atoms with Crippen molar-refractivity contribution in [3.63, 3.8) is 0 Å². The number of pyridine rings is 1. The molecule has 0 bridgehead atoms. The van der Waals surface area contributed by atoms with E-state index in [0.717, 1.165) is 30.4 Å². The molecule has 1 fully saturated rings. The predicted molar refractivity (Wildman–Crippen MR) is 171 cm³/mol. The van der Waals surface area contributed by atoms with Crippen LogP contribution in [0, 0.1) is 0 Å². The Morgan fingerprint density at radius 2 is 1.68 bits per heavy atom. The molecule has 0 saturated carbocycles. The van der Waals surface area contributed by atoms with E-state index in [2.05, 4.69) is 29.4 Å². The summed E-state index contributed by atoms with van der Waals surface area (Å²) >= 11 is 1.34. The Kier molecular flexibility index (Phi) is 9.92. The molecule has 5 rings (SSSR count). The van der Waals surface area contributed by atoms with Gasteiger partial charge in [0.05, 0.1) is 16.2 Å². The molecule has 2 aromatic carbocycles. The number of fused-ring (bicyclic) bond motifs is 1. The second-order valence-electron chi connectivity index (χ2n) is 10.6. The Labute approximate surface area is 262 Å². The van der Waals surface area contributed by atoms with Gasteiger partial charge in [0, 0.05) is 38.6 Å². The van der Waals surface area contributed by atoms with Crippen LogP contribution in [0.2, 0.25) is 0 Å². The van der Waals surface area contributed by atoms with Crippen molar-refractivity contribution in [2.24, 2.45) is 0 Å². The molecule has 3 heterocycles. The van der Waals surface area contributed by atoms with E-state index in [9.17, 15) is 18.0 Å². The normalized spacial score (nSPS) is 15.8. The predicted octanol–water partition coefficient (Wildman–Crippen LogP) is 4.58. The van der Waals surface area contributed by atoms with Gasteiger partial charge in [0.25, 0.3) is 0 Å². The zero-order chi connectivity index (χ0) is 31.3. The summed E-state index contributed by atoms with van der Waals surface area (Å²) < 4.78 is 35.0. The lowest BCUT2D eigenvalue weighted by atomic mass is 10.1. The monoisotopic (exact) mass is 635 g/mol. The molecular weight excluding hydrogens is 599 g/mol. The van der Waals surface area contributed by atoms with E-state index in [-0.39, 0.29) is 36.7 Å². The lowest BCUT2D eigenvalue weighted by Crippen LogP contribution is -2.60. The fourth-order valence-electron chi connectivity index (χ4n) is 5.23. The Morgan fingerprint density at radius 1 is 0.977 bits per heavy atom. The molecule has 1 saturated heterocycles. The topological polar surface area (TPSA) is 122 Å². The van der Waals surface area contributed by atoms with Gasteiger partial charge in [-0.25, -0.2) is 18.2 Å². The maximum atomic E-state index is 13.9. The third kappa shape index (κ3) is 6.77. The number of aromatic nitrogens is 2. The summed E-state index contributed by atoms with van der Waals surface area (Å²) in [5.74, 6) is -0.900. The van der Waals surface area contributed by atoms with Crippen LogP contribution < -0.4 is 10.2 Å². The third-order valence-corrected chi connectivity index (χ3v) is 10.6. The molecule has 1 aliphatic heterocycles. The summed E-state index contributed by atoms with van der Waals surface area (Å²) in [5.41, 5.74) is 3.93. The summed E-state index contributed by atoms with van der Waals surface area (Å²) in [6.07, 6.45) is 5.90. The van der Waals surface area contributed by atoms with E-state index in [0.29, 0.717) is 21.9 Å². The number of sulfonamides is 1. The van der Waals surface area contributed by atoms with Gasteiger partial charge in [0.2, 0.25) is 15.9 Å². The van der Waals surface area contributed by atoms with E-state index < -0.39 is 27.9 Å². The number of hydrogen-bond donors (Lipinski definition) is 1. The number of anilines is 1. The van der Waals surface area contributed by atoms with Crippen molar-refractivity contribution in [3.05, 3.63) is 83.2 Å². The first-order valence-electron chi connectivity index (χ1n) is 14.9. The average molecular weight is 636 g/mol. The van der Waals surface area contributed by atoms with Gasteiger partial charge < -0.3 is 15.0 Å². The van der Waals surface area contributed by atoms with Crippen LogP contribution in [0.1, 0.15) is 54.2 Å². The molecule has 0 unspecified atom stereocenters. The van der Waals surface area contributed by atoms with E-state index in [1.54, 1.807) is 37.4 Å². The lowest BCUT2D eigenvalue weighted by Gasteiger charge is -2.39. The largest absolute Gasteiger partial charge is 0.462 e. The molecule has 4 aromatic rings. The van der Waals surface area contributed by atoms with Gasteiger partial charge in [0.15, 0.2) is 5.13 Å². The molecular formula is C32H37N5O5S2. The van der Waals surface area contributed by atoms with Crippen molar-refractivity contribution in [3.8, 4) is 0 Å². The molecule has 1 atom stereocenters. The highest BCUT2D eigenvalue weighted by atomic mass is 32.2. The van der Waals surface area contributed by atoms with E-state index in [1.807, 2.05) is 24.0 Å². The van der Waals surface area contributed by atoms with Crippen molar-refractivity contribution < 1.29 is 22.7 Å². The average Bonchev–Trinajstić information content (AvgIpc) is 3.49. The van der Waals surface area contributed by atoms with E-state index in [4.69, 9.17) is 9.72 Å². The number of amides is 1. The number of carbonyl (C=O) groups is 2. The fourth-order valence-corrected chi connectivity index (χ4v) is 7.79. The summed E-state index contributed by atoms with van der Waals surface area (Å²) in [5, 5.41) is 3.54. The Balaban J connectivity index is 1.42. The van der Waals surface area contributed by atoms with Gasteiger partial charge in [-0.3, -0.25) is 9.78 Å². The summed E-state index contributed by atoms with van der Waals surface area (Å²) in [7, 11) is -3.97. The summed E-state index contributed by atoms with van der Waals surface area (Å²) in [6, 6.07) is 13.9. The van der Waals surface area contributed by atoms with Crippen LogP contribution in [0.4, 0.5) is 5.13 Å². The molecule has 1 aliphatic rings. The SMILES string of the molecule is CCCc1ccc(CNC(=O)[C@H]2CN(c3nc4c(C(=O)OCC)cncc4s3)CCN2S(=O)(=O)c2ccc(CC)cc2)cc1. The van der Waals surface area contributed by atoms with Crippen LogP contribution in [0.3, 0.4) is 0 Å². The summed E-state index contributed by atoms with van der Waals surface area (Å²) in [4.78, 5) is 37.2. The quantitative estimate of drug-likeness (QED) is 0.238. The van der Waals surface area contributed by atoms with Crippen molar-refractivity contribution in [1.82, 2.24) is 19.6 Å². The van der Waals surface area contributed by atoms with Crippen LogP contribution in [0.25, 0.3) is 10.2 Å². The number of rotatable bonds is 11. The van der Waals surface area contributed by atoms with Gasteiger partial charge in [-0.2, -0.15) is 4.31 Å². The van der Waals surface area contributed by atoms with Crippen LogP contribution in [-0.2, 0) is 38.9 Å². The van der Waals surface area contributed by atoms with Crippen molar-refractivity contribution >= 4 is 48.6 Å². The lowest BCUT2D eigenvalue weighted by molar-refractivity contribution is -0.125. The smallest absolute Gasteiger partial charge is 0.341 e. The zero-order valence-corrected chi connectivity index (χ0v) is 26.8. The Morgan fingerprint density at radius 3 is 2.36 bits per heavy atom. The molecule has 0 aliphatic carbocycles. The minimum absolute atomic E-state index is 0.0839. The first-order chi connectivity index (χ1) is 21.2. The minimum atomic E-state index is -3.97. The van der Waals surface area contributed by atoms with Crippen molar-refractivity contribution in [2.75, 3.05) is 31.1 Å². The number of nitrogens with zero attached hydrogens (tertiary/aromatic N) is 4. The van der Waals surface area contributed by atoms with Gasteiger partial charge >= 0.3 is 5.97 Å². The number of carbonyl (C=O) groups excluding carboxylic acids is 2. The second-order valence-corrected chi connectivity index (χ2v) is 13.5. The molecule has 0 radical (unpaired) electrons. The zero-order valence-electron chi connectivity index (χ0n) is 25.2. The molecule has 0 spiro atoms. The molecule has 232 valence electrons. The van der Waals surface area contributed by atoms with Gasteiger partial charge in [0.1, 0.15) is 17.1 Å². The van der Waals surface area contributed by atoms with E-state index in [1.165, 1.54) is 27.4 Å². The number of esters is 1. The number of aryl methyl sites for hydroxylation is 2. The van der Waals surface area contributed by atoms with E-state index >= 15 is 0 Å². The number of ether oxygens (including phenoxy) is 1. The fraction of sp³-hybridized carbons (Fsp3) is 0.375. The Hall–Kier alpha value is -3.87. The van der Waals surface area contributed by atoms with Crippen LogP contribution in [0.15, 0.2) is 65.8 Å². The number of nitrogens with one attached hydrogen (secondary N) is 1. The highest BCUT2D eigenvalue weighted by Crippen LogP contribution is 2.33. The van der Waals surface area contributed by atoms with Crippen molar-refractivity contribution in [2.45, 2.75) is 57.5 Å². The molecule has 1 amide bonds. The molecule has 2 aromatic heterocycles. The molecule has 10 nitrogen and oxygen atoms in total. The first-order valence-corrected chi connectivity index (χ1v) is 17.1. The standard InChI is InChI=1S/C32H37N5O5S2/c1-4-7-23-8-10-24(11-9-23)18-34-30(38)27-21-36(16-17-37(27)44(40,41)25-14-12-22(5-2)13-15-25)32-35-29-26(31(39)42-6-3)19-33-20-28(29)43-32/h8-15,19-20,27H,4-7,16-18,21H2,1-3H3,(H,34,38)/t27-/m1/s1. The number of piperazine rings is 1. The number of benzene rings is 2. The highest BCUT2D eigenvalue weighted by molar-refractivity contribution is 7.89. The number of hydrogen-bond acceptors (Lipinski definition) is 9. The van der Waals surface area contributed by atoms with Crippen LogP contribution in [0.5, 0.6) is 0 Å². The molecule has 1 N–H and O–H groups in total. The molecule has 12 heteroatoms. The highest BCUT2D eigenvalue weighted by Gasteiger charge is 2.41. The van der Waals surface area contributed by atoms with Crippen molar-refractivity contribution in [1.29, 1.82) is 0 Å². The van der Waals surface area contributed by atoms with Crippen LogP contribution in [-0.4, -0.2) is 66.9 Å². The number of thiazole rings is 1. The maximum absolute atomic E-state index is 13.9. The van der Waals surface area contributed by atoms with Gasteiger partial charge in [-0.1, -0.05) is 68.0 Å². The minimum Gasteiger partial charge on any atom is -0.462 e. The van der Waals surface area contributed by atoms with Gasteiger partial charge in [-0.05, 0) is 48.6 Å². The molecule has 44 heavy (non-hydrogen) atoms. The second kappa shape index (κ2) is 13.8.